The van der Waals surface area contributed by atoms with Crippen LogP contribution in [0.3, 0.4) is 0 Å². The highest BCUT2D eigenvalue weighted by atomic mass is 32.2. The summed E-state index contributed by atoms with van der Waals surface area (Å²) in [7, 11) is 2.10. The molecule has 4 aromatic rings. The van der Waals surface area contributed by atoms with E-state index in [9.17, 15) is 9.90 Å². The average Bonchev–Trinajstić information content (AvgIpc) is 3.52. The number of hydrogen-bond donors (Lipinski definition) is 4. The monoisotopic (exact) mass is 722 g/mol. The lowest BCUT2D eigenvalue weighted by Crippen LogP contribution is -2.49. The number of ether oxygens (including phenoxy) is 1. The minimum Gasteiger partial charge on any atom is -0.394 e. The van der Waals surface area contributed by atoms with E-state index >= 15 is 0 Å². The second-order valence-corrected chi connectivity index (χ2v) is 15.0. The number of aliphatic hydroxyl groups is 2. The molecule has 4 heterocycles. The summed E-state index contributed by atoms with van der Waals surface area (Å²) in [5.41, 5.74) is 7.28. The fourth-order valence-electron chi connectivity index (χ4n) is 7.65. The van der Waals surface area contributed by atoms with E-state index in [0.717, 1.165) is 62.6 Å². The first-order valence-electron chi connectivity index (χ1n) is 18.5. The zero-order chi connectivity index (χ0) is 36.0. The van der Waals surface area contributed by atoms with Gasteiger partial charge in [-0.3, -0.25) is 14.6 Å². The molecule has 0 unspecified atom stereocenters. The summed E-state index contributed by atoms with van der Waals surface area (Å²) in [5.74, 6) is 0.901. The van der Waals surface area contributed by atoms with Gasteiger partial charge >= 0.3 is 0 Å². The van der Waals surface area contributed by atoms with Crippen molar-refractivity contribution in [1.82, 2.24) is 25.0 Å². The molecular weight excluding hydrogens is 673 g/mol. The van der Waals surface area contributed by atoms with Crippen LogP contribution in [0.15, 0.2) is 93.8 Å². The fraction of sp³-hybridized carbons (Fsp3) is 0.415. The van der Waals surface area contributed by atoms with Crippen LogP contribution in [0.1, 0.15) is 30.0 Å². The van der Waals surface area contributed by atoms with Crippen molar-refractivity contribution in [3.05, 3.63) is 95.7 Å². The number of aliphatic imine (C=N–C) groups is 1. The van der Waals surface area contributed by atoms with Crippen LogP contribution in [-0.4, -0.2) is 126 Å². The van der Waals surface area contributed by atoms with E-state index in [-0.39, 0.29) is 31.1 Å². The van der Waals surface area contributed by atoms with Crippen molar-refractivity contribution in [1.29, 1.82) is 0 Å². The van der Waals surface area contributed by atoms with Gasteiger partial charge in [0, 0.05) is 77.8 Å². The molecule has 52 heavy (non-hydrogen) atoms. The molecule has 0 saturated carbocycles. The number of rotatable bonds is 9. The number of benzene rings is 3. The number of aliphatic hydroxyl groups excluding tert-OH is 2. The predicted octanol–water partition coefficient (Wildman–Crippen LogP) is 4.78. The molecule has 3 atom stereocenters. The number of aromatic nitrogens is 1. The molecule has 4 N–H and O–H groups in total. The molecule has 3 aliphatic heterocycles. The van der Waals surface area contributed by atoms with E-state index in [0.29, 0.717) is 25.8 Å². The number of carbonyl (C=O) groups excluding carboxylic acids is 1. The minimum absolute atomic E-state index is 0.00532. The van der Waals surface area contributed by atoms with Crippen LogP contribution in [0, 0.1) is 5.92 Å². The summed E-state index contributed by atoms with van der Waals surface area (Å²) in [5, 5.41) is 22.4. The highest BCUT2D eigenvalue weighted by Gasteiger charge is 2.36. The fourth-order valence-corrected chi connectivity index (χ4v) is 8.67. The highest BCUT2D eigenvalue weighted by Crippen LogP contribution is 2.42. The number of piperazine rings is 1. The summed E-state index contributed by atoms with van der Waals surface area (Å²) in [6.45, 7) is 8.67. The Morgan fingerprint density at radius 2 is 1.77 bits per heavy atom. The molecule has 11 heteroatoms. The molecule has 0 spiro atoms. The molecule has 1 amide bonds. The summed E-state index contributed by atoms with van der Waals surface area (Å²) in [4.78, 5) is 30.7. The van der Waals surface area contributed by atoms with Gasteiger partial charge in [0.15, 0.2) is 0 Å². The molecule has 10 nitrogen and oxygen atoms in total. The summed E-state index contributed by atoms with van der Waals surface area (Å²) in [6.07, 6.45) is 5.97. The summed E-state index contributed by atoms with van der Waals surface area (Å²) < 4.78 is 5.40. The van der Waals surface area contributed by atoms with Crippen molar-refractivity contribution in [2.45, 2.75) is 41.6 Å². The third-order valence-electron chi connectivity index (χ3n) is 10.6. The Labute approximate surface area is 310 Å². The Morgan fingerprint density at radius 1 is 1.00 bits per heavy atom. The van der Waals surface area contributed by atoms with Crippen molar-refractivity contribution < 1.29 is 19.7 Å². The van der Waals surface area contributed by atoms with Crippen LogP contribution >= 0.6 is 11.8 Å². The van der Waals surface area contributed by atoms with Gasteiger partial charge in [0.1, 0.15) is 5.84 Å². The number of amidine groups is 1. The number of aromatic amines is 1. The van der Waals surface area contributed by atoms with Crippen molar-refractivity contribution in [3.63, 3.8) is 0 Å². The number of hydrogen-bond acceptors (Lipinski definition) is 9. The maximum atomic E-state index is 12.7. The number of para-hydroxylation sites is 1. The van der Waals surface area contributed by atoms with Gasteiger partial charge < -0.3 is 30.2 Å². The van der Waals surface area contributed by atoms with Crippen LogP contribution < -0.4 is 5.32 Å². The molecule has 1 fully saturated rings. The first-order valence-corrected chi connectivity index (χ1v) is 19.3. The molecule has 0 bridgehead atoms. The Bertz CT molecular complexity index is 1910. The molecule has 1 aliphatic carbocycles. The molecule has 0 radical (unpaired) electrons. The van der Waals surface area contributed by atoms with Crippen molar-refractivity contribution in [2.75, 3.05) is 72.7 Å². The lowest BCUT2D eigenvalue weighted by molar-refractivity contribution is -0.125. The molecule has 1 aromatic heterocycles. The predicted molar refractivity (Wildman–Crippen MR) is 208 cm³/mol. The number of H-pyrrole nitrogens is 1. The van der Waals surface area contributed by atoms with E-state index in [4.69, 9.17) is 14.8 Å². The number of nitrogens with zero attached hydrogens (tertiary/aromatic N) is 4. The Kier molecular flexibility index (Phi) is 11.8. The topological polar surface area (TPSA) is 117 Å². The second-order valence-electron chi connectivity index (χ2n) is 13.9. The molecule has 3 aromatic carbocycles. The van der Waals surface area contributed by atoms with Crippen molar-refractivity contribution >= 4 is 45.7 Å². The highest BCUT2D eigenvalue weighted by molar-refractivity contribution is 7.99. The van der Waals surface area contributed by atoms with Gasteiger partial charge in [0.05, 0.1) is 44.1 Å². The van der Waals surface area contributed by atoms with Crippen LogP contribution in [0.5, 0.6) is 0 Å². The molecule has 1 saturated heterocycles. The normalized spacial score (nSPS) is 20.3. The van der Waals surface area contributed by atoms with Gasteiger partial charge in [-0.1, -0.05) is 67.2 Å². The molecule has 274 valence electrons. The number of fused-ring (bicyclic) bond motifs is 4. The zero-order valence-corrected chi connectivity index (χ0v) is 30.9. The van der Waals surface area contributed by atoms with Crippen LogP contribution in [0.2, 0.25) is 0 Å². The van der Waals surface area contributed by atoms with Crippen molar-refractivity contribution in [2.24, 2.45) is 10.9 Å². The smallest absolute Gasteiger partial charge is 0.228 e. The third kappa shape index (κ3) is 7.85. The van der Waals surface area contributed by atoms with Gasteiger partial charge in [-0.25, -0.2) is 4.99 Å². The van der Waals surface area contributed by atoms with Gasteiger partial charge in [0.25, 0.3) is 0 Å². The lowest BCUT2D eigenvalue weighted by atomic mass is 9.80. The average molecular weight is 723 g/mol. The van der Waals surface area contributed by atoms with Crippen LogP contribution in [0.4, 0.5) is 5.69 Å². The van der Waals surface area contributed by atoms with E-state index in [1.54, 1.807) is 11.8 Å². The Morgan fingerprint density at radius 3 is 2.56 bits per heavy atom. The van der Waals surface area contributed by atoms with Gasteiger partial charge in [0.2, 0.25) is 5.91 Å². The lowest BCUT2D eigenvalue weighted by Gasteiger charge is -2.39. The maximum Gasteiger partial charge on any atom is 0.228 e. The first-order chi connectivity index (χ1) is 25.5. The second kappa shape index (κ2) is 16.8. The van der Waals surface area contributed by atoms with E-state index in [1.165, 1.54) is 37.4 Å². The Balaban J connectivity index is 0.000000162. The first kappa shape index (κ1) is 36.4. The maximum absolute atomic E-state index is 12.7. The standard InChI is InChI=1S/C21H25N3O2S.C20H25N3O2/c25-14-16-26-15-13-23-9-11-24(12-10-23)21-17-5-1-3-7-19(17)27-20-8-4-2-6-18(20)22-21;1-3-14(11-24)22-20(25)13-7-16-15-5-4-6-17-19(15)12(9-21-17)8-18(16)23(2)10-13/h1-8,25H,9-16H2;4-7,9,13-14,18,21,24H,3,8,10-11H2,1-2H3,(H,22,25)/t;13-,14+,18-/m.1/s1. The van der Waals surface area contributed by atoms with E-state index in [1.807, 2.05) is 6.92 Å². The van der Waals surface area contributed by atoms with Gasteiger partial charge in [-0.2, -0.15) is 0 Å². The molecular formula is C41H50N6O4S. The van der Waals surface area contributed by atoms with Crippen molar-refractivity contribution in [3.8, 4) is 0 Å². The number of amides is 1. The minimum atomic E-state index is -0.187. The quantitative estimate of drug-likeness (QED) is 0.183. The van der Waals surface area contributed by atoms with Gasteiger partial charge in [-0.15, -0.1) is 0 Å². The van der Waals surface area contributed by atoms with Gasteiger partial charge in [-0.05, 0) is 60.9 Å². The summed E-state index contributed by atoms with van der Waals surface area (Å²) >= 11 is 1.80. The Hall–Kier alpha value is -3.97. The molecule has 8 rings (SSSR count). The third-order valence-corrected chi connectivity index (χ3v) is 11.7. The van der Waals surface area contributed by atoms with Crippen LogP contribution in [-0.2, 0) is 16.0 Å². The molecule has 4 aliphatic rings. The van der Waals surface area contributed by atoms with E-state index < -0.39 is 0 Å². The number of likely N-dealkylation sites (N-methyl/N-ethyl adjacent to an activating group) is 1. The number of nitrogens with one attached hydrogen (secondary N) is 2. The largest absolute Gasteiger partial charge is 0.394 e. The van der Waals surface area contributed by atoms with E-state index in [2.05, 4.69) is 111 Å². The zero-order valence-electron chi connectivity index (χ0n) is 30.1. The van der Waals surface area contributed by atoms with Crippen LogP contribution in [0.25, 0.3) is 16.5 Å². The summed E-state index contributed by atoms with van der Waals surface area (Å²) in [6, 6.07) is 23.4. The number of carbonyl (C=O) groups is 1. The SMILES string of the molecule is CC[C@@H](CO)NC(=O)[C@@H]1C=C2c3cccc4[nH]cc(c34)C[C@H]2N(C)C1.OCCOCCN1CCN(C2=Nc3ccccc3Sc3ccccc32)CC1.